The van der Waals surface area contributed by atoms with E-state index in [-0.39, 0.29) is 0 Å². The van der Waals surface area contributed by atoms with Crippen molar-refractivity contribution in [2.75, 3.05) is 26.7 Å². The maximum Gasteiger partial charge on any atom is 0.0822 e. The van der Waals surface area contributed by atoms with Gasteiger partial charge in [0, 0.05) is 6.54 Å². The van der Waals surface area contributed by atoms with E-state index >= 15 is 0 Å². The van der Waals surface area contributed by atoms with Crippen molar-refractivity contribution in [1.82, 2.24) is 4.90 Å². The van der Waals surface area contributed by atoms with Crippen molar-refractivity contribution >= 4 is 0 Å². The molecule has 0 N–H and O–H groups in total. The summed E-state index contributed by atoms with van der Waals surface area (Å²) in [5.41, 5.74) is 0. The quantitative estimate of drug-likeness (QED) is 0.337. The summed E-state index contributed by atoms with van der Waals surface area (Å²) >= 11 is 0. The van der Waals surface area contributed by atoms with Crippen LogP contribution in [0, 0.1) is 0 Å². The van der Waals surface area contributed by atoms with Crippen molar-refractivity contribution in [3.63, 3.8) is 0 Å². The number of rotatable bonds is 14. The lowest BCUT2D eigenvalue weighted by atomic mass is 10.1. The summed E-state index contributed by atoms with van der Waals surface area (Å²) in [4.78, 5) is 2.46. The van der Waals surface area contributed by atoms with Gasteiger partial charge in [0.15, 0.2) is 0 Å². The first kappa shape index (κ1) is 17.0. The Labute approximate surface area is 120 Å². The Morgan fingerprint density at radius 2 is 1.37 bits per heavy atom. The molecule has 0 amide bonds. The Kier molecular flexibility index (Phi) is 10.5. The van der Waals surface area contributed by atoms with Crippen molar-refractivity contribution in [3.05, 3.63) is 0 Å². The van der Waals surface area contributed by atoms with Crippen LogP contribution in [-0.4, -0.2) is 37.7 Å². The van der Waals surface area contributed by atoms with E-state index < -0.39 is 0 Å². The minimum Gasteiger partial charge on any atom is -0.373 e. The molecule has 0 saturated carbocycles. The molecule has 0 bridgehead atoms. The second-order valence-corrected chi connectivity index (χ2v) is 6.23. The molecule has 1 heterocycles. The Balaban J connectivity index is 1.70. The molecule has 1 aliphatic heterocycles. The van der Waals surface area contributed by atoms with Crippen molar-refractivity contribution in [1.29, 1.82) is 0 Å². The predicted molar refractivity (Wildman–Crippen MR) is 83.7 cm³/mol. The van der Waals surface area contributed by atoms with Crippen LogP contribution in [0.15, 0.2) is 0 Å². The molecule has 0 aromatic carbocycles. The molecular formula is C17H35NO. The van der Waals surface area contributed by atoms with Crippen molar-refractivity contribution in [3.8, 4) is 0 Å². The van der Waals surface area contributed by atoms with Gasteiger partial charge in [0.05, 0.1) is 12.7 Å². The lowest BCUT2D eigenvalue weighted by molar-refractivity contribution is 0.295. The van der Waals surface area contributed by atoms with Gasteiger partial charge in [0.25, 0.3) is 0 Å². The lowest BCUT2D eigenvalue weighted by Crippen LogP contribution is -2.22. The highest BCUT2D eigenvalue weighted by Gasteiger charge is 2.21. The Morgan fingerprint density at radius 3 is 1.89 bits per heavy atom. The Hall–Kier alpha value is -0.0800. The summed E-state index contributed by atoms with van der Waals surface area (Å²) in [5, 5.41) is 0. The van der Waals surface area contributed by atoms with E-state index in [1.807, 2.05) is 0 Å². The molecule has 114 valence electrons. The molecule has 1 saturated heterocycles. The van der Waals surface area contributed by atoms with Gasteiger partial charge in [0.2, 0.25) is 0 Å². The van der Waals surface area contributed by atoms with Gasteiger partial charge in [-0.15, -0.1) is 0 Å². The van der Waals surface area contributed by atoms with Crippen molar-refractivity contribution in [2.45, 2.75) is 83.7 Å². The first-order valence-electron chi connectivity index (χ1n) is 8.63. The lowest BCUT2D eigenvalue weighted by Gasteiger charge is -2.15. The van der Waals surface area contributed by atoms with E-state index in [4.69, 9.17) is 4.74 Å². The first-order chi connectivity index (χ1) is 9.33. The van der Waals surface area contributed by atoms with Crippen LogP contribution in [0.3, 0.4) is 0 Å². The Bertz CT molecular complexity index is 192. The van der Waals surface area contributed by atoms with E-state index in [0.717, 1.165) is 6.61 Å². The summed E-state index contributed by atoms with van der Waals surface area (Å²) in [6.07, 6.45) is 16.1. The highest BCUT2D eigenvalue weighted by atomic mass is 16.6. The summed E-state index contributed by atoms with van der Waals surface area (Å²) < 4.78 is 5.24. The summed E-state index contributed by atoms with van der Waals surface area (Å²) in [5.74, 6) is 0. The highest BCUT2D eigenvalue weighted by Crippen LogP contribution is 2.14. The standard InChI is InChI=1S/C17H35NO/c1-3-4-5-6-7-8-9-10-11-12-14-18(2)15-13-17-16-19-17/h17H,3-16H2,1-2H3. The topological polar surface area (TPSA) is 15.8 Å². The zero-order valence-corrected chi connectivity index (χ0v) is 13.3. The normalized spacial score (nSPS) is 18.2. The molecule has 2 nitrogen and oxygen atoms in total. The molecule has 1 unspecified atom stereocenters. The third kappa shape index (κ3) is 11.4. The van der Waals surface area contributed by atoms with Gasteiger partial charge < -0.3 is 9.64 Å². The zero-order valence-electron chi connectivity index (χ0n) is 13.3. The number of nitrogens with zero attached hydrogens (tertiary/aromatic N) is 1. The number of hydrogen-bond donors (Lipinski definition) is 0. The fourth-order valence-corrected chi connectivity index (χ4v) is 2.58. The molecule has 1 aliphatic rings. The summed E-state index contributed by atoms with van der Waals surface area (Å²) in [6.45, 7) is 5.77. The smallest absolute Gasteiger partial charge is 0.0822 e. The zero-order chi connectivity index (χ0) is 13.8. The average molecular weight is 269 g/mol. The van der Waals surface area contributed by atoms with Gasteiger partial charge >= 0.3 is 0 Å². The largest absolute Gasteiger partial charge is 0.373 e. The van der Waals surface area contributed by atoms with Gasteiger partial charge in [0.1, 0.15) is 0 Å². The number of hydrogen-bond acceptors (Lipinski definition) is 2. The Morgan fingerprint density at radius 1 is 0.842 bits per heavy atom. The number of epoxide rings is 1. The second kappa shape index (κ2) is 11.7. The fraction of sp³-hybridized carbons (Fsp3) is 1.00. The third-order valence-electron chi connectivity index (χ3n) is 4.13. The van der Waals surface area contributed by atoms with E-state index in [2.05, 4.69) is 18.9 Å². The third-order valence-corrected chi connectivity index (χ3v) is 4.13. The molecule has 19 heavy (non-hydrogen) atoms. The van der Waals surface area contributed by atoms with Gasteiger partial charge in [-0.05, 0) is 26.4 Å². The molecule has 0 radical (unpaired) electrons. The van der Waals surface area contributed by atoms with Gasteiger partial charge in [-0.3, -0.25) is 0 Å². The van der Waals surface area contributed by atoms with E-state index in [1.54, 1.807) is 0 Å². The molecule has 0 aromatic heterocycles. The van der Waals surface area contributed by atoms with Crippen LogP contribution >= 0.6 is 0 Å². The van der Waals surface area contributed by atoms with Gasteiger partial charge in [-0.25, -0.2) is 0 Å². The van der Waals surface area contributed by atoms with Crippen LogP contribution in [0.25, 0.3) is 0 Å². The van der Waals surface area contributed by atoms with E-state index in [1.165, 1.54) is 83.7 Å². The molecular weight excluding hydrogens is 234 g/mol. The SMILES string of the molecule is CCCCCCCCCCCCN(C)CCC1CO1. The predicted octanol–water partition coefficient (Wildman–Crippen LogP) is 4.63. The second-order valence-electron chi connectivity index (χ2n) is 6.23. The molecule has 1 atom stereocenters. The van der Waals surface area contributed by atoms with Crippen LogP contribution in [0.2, 0.25) is 0 Å². The molecule has 1 rings (SSSR count). The molecule has 1 fully saturated rings. The van der Waals surface area contributed by atoms with Crippen LogP contribution in [0.1, 0.15) is 77.6 Å². The fourth-order valence-electron chi connectivity index (χ4n) is 2.58. The van der Waals surface area contributed by atoms with Crippen LogP contribution in [-0.2, 0) is 4.74 Å². The monoisotopic (exact) mass is 269 g/mol. The first-order valence-corrected chi connectivity index (χ1v) is 8.63. The maximum atomic E-state index is 5.24. The van der Waals surface area contributed by atoms with Crippen LogP contribution in [0.5, 0.6) is 0 Å². The summed E-state index contributed by atoms with van der Waals surface area (Å²) in [6, 6.07) is 0. The number of ether oxygens (including phenoxy) is 1. The minimum absolute atomic E-state index is 0.593. The number of unbranched alkanes of at least 4 members (excludes halogenated alkanes) is 9. The molecule has 2 heteroatoms. The van der Waals surface area contributed by atoms with Crippen LogP contribution in [0.4, 0.5) is 0 Å². The molecule has 0 aliphatic carbocycles. The summed E-state index contributed by atoms with van der Waals surface area (Å²) in [7, 11) is 2.25. The van der Waals surface area contributed by atoms with Gasteiger partial charge in [-0.2, -0.15) is 0 Å². The molecule has 0 aromatic rings. The van der Waals surface area contributed by atoms with Crippen LogP contribution < -0.4 is 0 Å². The van der Waals surface area contributed by atoms with Crippen molar-refractivity contribution < 1.29 is 4.74 Å². The van der Waals surface area contributed by atoms with E-state index in [9.17, 15) is 0 Å². The molecule has 0 spiro atoms. The highest BCUT2D eigenvalue weighted by molar-refractivity contribution is 4.70. The van der Waals surface area contributed by atoms with Gasteiger partial charge in [-0.1, -0.05) is 64.7 Å². The van der Waals surface area contributed by atoms with Crippen molar-refractivity contribution in [2.24, 2.45) is 0 Å². The van der Waals surface area contributed by atoms with E-state index in [0.29, 0.717) is 6.10 Å². The maximum absolute atomic E-state index is 5.24. The average Bonchev–Trinajstić information content (AvgIpc) is 3.23. The minimum atomic E-state index is 0.593.